The first-order valence-electron chi connectivity index (χ1n) is 5.99. The summed E-state index contributed by atoms with van der Waals surface area (Å²) in [6.45, 7) is 11.1. The Morgan fingerprint density at radius 3 is 2.44 bits per heavy atom. The molecule has 0 spiro atoms. The minimum Gasteiger partial charge on any atom is -0.270 e. The molecule has 1 rings (SSSR count). The van der Waals surface area contributed by atoms with Crippen molar-refractivity contribution in [1.82, 2.24) is 9.78 Å². The van der Waals surface area contributed by atoms with Gasteiger partial charge in [0.1, 0.15) is 0 Å². The molecule has 2 nitrogen and oxygen atoms in total. The van der Waals surface area contributed by atoms with Gasteiger partial charge >= 0.3 is 0 Å². The molecule has 0 bridgehead atoms. The summed E-state index contributed by atoms with van der Waals surface area (Å²) in [6.07, 6.45) is 4.26. The second kappa shape index (κ2) is 5.35. The fourth-order valence-electron chi connectivity index (χ4n) is 1.51. The van der Waals surface area contributed by atoms with Crippen molar-refractivity contribution in [3.8, 4) is 0 Å². The second-order valence-electron chi connectivity index (χ2n) is 5.75. The molecule has 0 fully saturated rings. The number of aryl methyl sites for hydroxylation is 1. The van der Waals surface area contributed by atoms with Crippen LogP contribution in [-0.2, 0) is 6.42 Å². The summed E-state index contributed by atoms with van der Waals surface area (Å²) in [6, 6.07) is 2.58. The van der Waals surface area contributed by atoms with E-state index in [0.717, 1.165) is 12.8 Å². The second-order valence-corrected chi connectivity index (χ2v) is 6.86. The summed E-state index contributed by atoms with van der Waals surface area (Å²) in [4.78, 5) is 0.546. The average Bonchev–Trinajstić information content (AvgIpc) is 2.60. The van der Waals surface area contributed by atoms with Gasteiger partial charge in [-0.15, -0.1) is 0 Å². The van der Waals surface area contributed by atoms with Crippen LogP contribution in [0.1, 0.15) is 52.8 Å². The van der Waals surface area contributed by atoms with Crippen LogP contribution in [0.25, 0.3) is 0 Å². The zero-order valence-electron chi connectivity index (χ0n) is 11.0. The first-order chi connectivity index (χ1) is 7.30. The molecule has 0 radical (unpaired) electrons. The van der Waals surface area contributed by atoms with Crippen LogP contribution in [0.4, 0.5) is 0 Å². The Bertz CT molecular complexity index is 323. The van der Waals surface area contributed by atoms with Crippen molar-refractivity contribution in [3.05, 3.63) is 18.0 Å². The van der Waals surface area contributed by atoms with Gasteiger partial charge in [-0.2, -0.15) is 5.10 Å². The summed E-state index contributed by atoms with van der Waals surface area (Å²) in [5.41, 5.74) is 1.52. The predicted octanol–water partition coefficient (Wildman–Crippen LogP) is 4.21. The molecule has 1 heterocycles. The van der Waals surface area contributed by atoms with Gasteiger partial charge < -0.3 is 0 Å². The number of nitrogens with zero attached hydrogens (tertiary/aromatic N) is 2. The van der Waals surface area contributed by atoms with Crippen molar-refractivity contribution in [2.45, 2.75) is 58.3 Å². The van der Waals surface area contributed by atoms with Crippen molar-refractivity contribution in [1.29, 1.82) is 0 Å². The predicted molar refractivity (Wildman–Crippen MR) is 73.1 cm³/mol. The summed E-state index contributed by atoms with van der Waals surface area (Å²) in [7, 11) is 0. The summed E-state index contributed by atoms with van der Waals surface area (Å²) in [5.74, 6) is 0. The smallest absolute Gasteiger partial charge is 0.0625 e. The van der Waals surface area contributed by atoms with Gasteiger partial charge in [0.15, 0.2) is 0 Å². The van der Waals surface area contributed by atoms with Crippen LogP contribution in [0.3, 0.4) is 0 Å². The van der Waals surface area contributed by atoms with E-state index in [4.69, 9.17) is 0 Å². The molecule has 1 aromatic rings. The highest BCUT2D eigenvalue weighted by atomic mass is 79.9. The summed E-state index contributed by atoms with van der Waals surface area (Å²) < 4.78 is 2.02. The van der Waals surface area contributed by atoms with Crippen molar-refractivity contribution in [3.63, 3.8) is 0 Å². The Balaban J connectivity index is 2.49. The lowest BCUT2D eigenvalue weighted by Crippen LogP contribution is -2.20. The number of alkyl halides is 1. The zero-order chi connectivity index (χ0) is 12.3. The highest BCUT2D eigenvalue weighted by molar-refractivity contribution is 9.09. The highest BCUT2D eigenvalue weighted by Crippen LogP contribution is 2.29. The maximum absolute atomic E-state index is 4.56. The van der Waals surface area contributed by atoms with Crippen LogP contribution >= 0.6 is 15.9 Å². The van der Waals surface area contributed by atoms with Crippen LogP contribution in [0, 0.1) is 5.41 Å². The molecule has 0 saturated heterocycles. The molecule has 0 aromatic carbocycles. The molecule has 92 valence electrons. The van der Waals surface area contributed by atoms with Crippen molar-refractivity contribution < 1.29 is 0 Å². The number of aromatic nitrogens is 2. The van der Waals surface area contributed by atoms with Crippen LogP contribution < -0.4 is 0 Å². The minimum absolute atomic E-state index is 0.320. The van der Waals surface area contributed by atoms with E-state index in [0.29, 0.717) is 16.3 Å². The fraction of sp³-hybridized carbons (Fsp3) is 0.769. The van der Waals surface area contributed by atoms with Crippen molar-refractivity contribution in [2.75, 3.05) is 0 Å². The van der Waals surface area contributed by atoms with E-state index in [1.807, 2.05) is 4.68 Å². The van der Waals surface area contributed by atoms with Crippen LogP contribution in [0.15, 0.2) is 12.3 Å². The van der Waals surface area contributed by atoms with E-state index >= 15 is 0 Å². The van der Waals surface area contributed by atoms with Crippen molar-refractivity contribution >= 4 is 15.9 Å². The molecule has 16 heavy (non-hydrogen) atoms. The van der Waals surface area contributed by atoms with Gasteiger partial charge in [-0.1, -0.05) is 36.7 Å². The third kappa shape index (κ3) is 3.93. The van der Waals surface area contributed by atoms with Crippen LogP contribution in [0.2, 0.25) is 0 Å². The van der Waals surface area contributed by atoms with E-state index in [-0.39, 0.29) is 0 Å². The monoisotopic (exact) mass is 286 g/mol. The number of hydrogen-bond acceptors (Lipinski definition) is 1. The van der Waals surface area contributed by atoms with E-state index in [2.05, 4.69) is 67.9 Å². The molecule has 1 unspecified atom stereocenters. The van der Waals surface area contributed by atoms with Gasteiger partial charge in [-0.25, -0.2) is 0 Å². The number of rotatable bonds is 4. The third-order valence-electron chi connectivity index (χ3n) is 2.79. The lowest BCUT2D eigenvalue weighted by Gasteiger charge is -2.25. The van der Waals surface area contributed by atoms with Gasteiger partial charge in [0.25, 0.3) is 0 Å². The normalized spacial score (nSPS) is 14.4. The Hall–Kier alpha value is -0.310. The Morgan fingerprint density at radius 2 is 2.00 bits per heavy atom. The Morgan fingerprint density at radius 1 is 1.38 bits per heavy atom. The van der Waals surface area contributed by atoms with Gasteiger partial charge in [0, 0.05) is 17.1 Å². The quantitative estimate of drug-likeness (QED) is 0.759. The molecule has 1 atom stereocenters. The van der Waals surface area contributed by atoms with Gasteiger partial charge in [-0.05, 0) is 38.2 Å². The molecule has 3 heteroatoms. The molecular formula is C13H23BrN2. The molecule has 1 aromatic heterocycles. The van der Waals surface area contributed by atoms with E-state index in [1.54, 1.807) is 0 Å². The number of hydrogen-bond donors (Lipinski definition) is 0. The maximum Gasteiger partial charge on any atom is 0.0625 e. The van der Waals surface area contributed by atoms with Crippen LogP contribution in [0.5, 0.6) is 0 Å². The minimum atomic E-state index is 0.320. The van der Waals surface area contributed by atoms with Gasteiger partial charge in [0.05, 0.1) is 5.69 Å². The summed E-state index contributed by atoms with van der Waals surface area (Å²) >= 11 is 3.76. The van der Waals surface area contributed by atoms with Gasteiger partial charge in [0.2, 0.25) is 0 Å². The maximum atomic E-state index is 4.56. The largest absolute Gasteiger partial charge is 0.270 e. The molecule has 0 saturated carbocycles. The lowest BCUT2D eigenvalue weighted by atomic mass is 9.89. The average molecular weight is 287 g/mol. The summed E-state index contributed by atoms with van der Waals surface area (Å²) in [5, 5.41) is 4.56. The van der Waals surface area contributed by atoms with Gasteiger partial charge in [-0.3, -0.25) is 4.68 Å². The first kappa shape index (κ1) is 13.8. The van der Waals surface area contributed by atoms with E-state index < -0.39 is 0 Å². The Kier molecular flexibility index (Phi) is 4.60. The SMILES string of the molecule is CC(C)n1ccc(CCC(Br)C(C)(C)C)n1. The molecule has 0 aliphatic carbocycles. The topological polar surface area (TPSA) is 17.8 Å². The van der Waals surface area contributed by atoms with Crippen molar-refractivity contribution in [2.24, 2.45) is 5.41 Å². The third-order valence-corrected chi connectivity index (χ3v) is 4.62. The highest BCUT2D eigenvalue weighted by Gasteiger charge is 2.21. The molecule has 0 aliphatic heterocycles. The lowest BCUT2D eigenvalue weighted by molar-refractivity contribution is 0.384. The van der Waals surface area contributed by atoms with Crippen LogP contribution in [-0.4, -0.2) is 14.6 Å². The Labute approximate surface area is 108 Å². The van der Waals surface area contributed by atoms with E-state index in [9.17, 15) is 0 Å². The molecular weight excluding hydrogens is 264 g/mol. The molecule has 0 aliphatic rings. The molecule has 0 N–H and O–H groups in total. The number of halogens is 1. The fourth-order valence-corrected chi connectivity index (χ4v) is 1.73. The van der Waals surface area contributed by atoms with E-state index in [1.165, 1.54) is 5.69 Å². The first-order valence-corrected chi connectivity index (χ1v) is 6.90. The zero-order valence-corrected chi connectivity index (χ0v) is 12.6. The molecule has 0 amide bonds. The standard InChI is InChI=1S/C13H23BrN2/c1-10(2)16-9-8-11(15-16)6-7-12(14)13(3,4)5/h8-10,12H,6-7H2,1-5H3.